The number of piperazine rings is 2. The summed E-state index contributed by atoms with van der Waals surface area (Å²) in [6, 6.07) is 14.0. The molecule has 5 nitrogen and oxygen atoms in total. The van der Waals surface area contributed by atoms with E-state index in [0.717, 1.165) is 58.9 Å². The fourth-order valence-electron chi connectivity index (χ4n) is 5.03. The molecule has 5 rings (SSSR count). The molecule has 3 N–H and O–H groups in total. The highest BCUT2D eigenvalue weighted by molar-refractivity contribution is 5.78. The normalized spacial score (nSPS) is 21.2. The van der Waals surface area contributed by atoms with Crippen LogP contribution in [-0.4, -0.2) is 57.3 Å². The predicted octanol–water partition coefficient (Wildman–Crippen LogP) is 2.88. The summed E-state index contributed by atoms with van der Waals surface area (Å²) in [7, 11) is 0. The molecule has 0 saturated carbocycles. The van der Waals surface area contributed by atoms with Crippen LogP contribution >= 0.6 is 0 Å². The Morgan fingerprint density at radius 3 is 2.28 bits per heavy atom. The second-order valence-corrected chi connectivity index (χ2v) is 9.12. The summed E-state index contributed by atoms with van der Waals surface area (Å²) in [5.41, 5.74) is 8.05. The highest BCUT2D eigenvalue weighted by Crippen LogP contribution is 2.46. The Morgan fingerprint density at radius 2 is 1.52 bits per heavy atom. The van der Waals surface area contributed by atoms with Gasteiger partial charge in [0.25, 0.3) is 0 Å². The average molecular weight is 392 g/mol. The number of nitrogens with zero attached hydrogens (tertiary/aromatic N) is 2. The van der Waals surface area contributed by atoms with Crippen LogP contribution in [0.25, 0.3) is 0 Å². The van der Waals surface area contributed by atoms with Gasteiger partial charge in [0.2, 0.25) is 0 Å². The van der Waals surface area contributed by atoms with Crippen molar-refractivity contribution in [3.63, 3.8) is 0 Å². The number of benzene rings is 2. The van der Waals surface area contributed by atoms with Crippen LogP contribution in [-0.2, 0) is 12.0 Å². The third kappa shape index (κ3) is 3.63. The van der Waals surface area contributed by atoms with Crippen LogP contribution in [0.15, 0.2) is 36.4 Å². The van der Waals surface area contributed by atoms with E-state index in [1.165, 1.54) is 33.8 Å². The SMILES string of the molecule is CC1(C)c2ccc(N3CCNCC3)cc2Nc2ccc(CN3CCNCC3)cc21. The van der Waals surface area contributed by atoms with Crippen LogP contribution < -0.4 is 20.9 Å². The number of anilines is 3. The van der Waals surface area contributed by atoms with Crippen molar-refractivity contribution in [1.29, 1.82) is 0 Å². The molecule has 2 fully saturated rings. The Balaban J connectivity index is 1.43. The zero-order valence-corrected chi connectivity index (χ0v) is 17.7. The van der Waals surface area contributed by atoms with Crippen LogP contribution in [0.2, 0.25) is 0 Å². The van der Waals surface area contributed by atoms with Crippen molar-refractivity contribution < 1.29 is 0 Å². The van der Waals surface area contributed by atoms with Gasteiger partial charge in [-0.05, 0) is 34.9 Å². The monoisotopic (exact) mass is 391 g/mol. The van der Waals surface area contributed by atoms with Gasteiger partial charge in [-0.25, -0.2) is 0 Å². The second-order valence-electron chi connectivity index (χ2n) is 9.12. The molecule has 2 saturated heterocycles. The average Bonchev–Trinajstić information content (AvgIpc) is 2.75. The van der Waals surface area contributed by atoms with Crippen molar-refractivity contribution in [3.05, 3.63) is 53.1 Å². The van der Waals surface area contributed by atoms with E-state index < -0.39 is 0 Å². The molecule has 2 aromatic carbocycles. The van der Waals surface area contributed by atoms with E-state index in [0.29, 0.717) is 0 Å². The van der Waals surface area contributed by atoms with Gasteiger partial charge in [-0.15, -0.1) is 0 Å². The molecule has 0 amide bonds. The molecule has 0 aromatic heterocycles. The Hall–Kier alpha value is -2.08. The first-order valence-corrected chi connectivity index (χ1v) is 11.0. The van der Waals surface area contributed by atoms with Crippen LogP contribution in [0.3, 0.4) is 0 Å². The lowest BCUT2D eigenvalue weighted by Gasteiger charge is -2.38. The molecule has 29 heavy (non-hydrogen) atoms. The van der Waals surface area contributed by atoms with Crippen molar-refractivity contribution >= 4 is 17.1 Å². The Bertz CT molecular complexity index is 879. The Labute approximate surface area is 174 Å². The molecular weight excluding hydrogens is 358 g/mol. The van der Waals surface area contributed by atoms with Crippen molar-refractivity contribution in [3.8, 4) is 0 Å². The molecule has 0 atom stereocenters. The lowest BCUT2D eigenvalue weighted by atomic mass is 9.74. The molecule has 0 spiro atoms. The minimum atomic E-state index is -0.00261. The quantitative estimate of drug-likeness (QED) is 0.751. The zero-order valence-electron chi connectivity index (χ0n) is 17.7. The molecule has 0 unspecified atom stereocenters. The molecule has 0 aliphatic carbocycles. The number of rotatable bonds is 3. The lowest BCUT2D eigenvalue weighted by molar-refractivity contribution is 0.233. The molecule has 0 radical (unpaired) electrons. The van der Waals surface area contributed by atoms with Crippen molar-refractivity contribution in [2.24, 2.45) is 0 Å². The molecule has 3 heterocycles. The zero-order chi connectivity index (χ0) is 19.8. The fourth-order valence-corrected chi connectivity index (χ4v) is 5.03. The van der Waals surface area contributed by atoms with Gasteiger partial charge in [-0.2, -0.15) is 0 Å². The van der Waals surface area contributed by atoms with Gasteiger partial charge in [0.15, 0.2) is 0 Å². The van der Waals surface area contributed by atoms with Crippen molar-refractivity contribution in [1.82, 2.24) is 15.5 Å². The van der Waals surface area contributed by atoms with Crippen molar-refractivity contribution in [2.75, 3.05) is 62.6 Å². The third-order valence-electron chi connectivity index (χ3n) is 6.80. The topological polar surface area (TPSA) is 42.6 Å². The van der Waals surface area contributed by atoms with Crippen molar-refractivity contribution in [2.45, 2.75) is 25.8 Å². The minimum absolute atomic E-state index is 0.00261. The van der Waals surface area contributed by atoms with Gasteiger partial charge < -0.3 is 20.9 Å². The molecule has 154 valence electrons. The lowest BCUT2D eigenvalue weighted by Crippen LogP contribution is -2.43. The van der Waals surface area contributed by atoms with E-state index in [1.54, 1.807) is 0 Å². The summed E-state index contributed by atoms with van der Waals surface area (Å²) in [5, 5.41) is 10.6. The minimum Gasteiger partial charge on any atom is -0.369 e. The van der Waals surface area contributed by atoms with Gasteiger partial charge in [0, 0.05) is 81.4 Å². The first kappa shape index (κ1) is 18.9. The van der Waals surface area contributed by atoms with Crippen LogP contribution in [0, 0.1) is 0 Å². The van der Waals surface area contributed by atoms with E-state index in [2.05, 4.69) is 76.0 Å². The molecule has 2 aromatic rings. The highest BCUT2D eigenvalue weighted by Gasteiger charge is 2.33. The van der Waals surface area contributed by atoms with Gasteiger partial charge in [-0.3, -0.25) is 4.90 Å². The summed E-state index contributed by atoms with van der Waals surface area (Å²) in [6.45, 7) is 14.5. The Kier molecular flexibility index (Phi) is 4.98. The van der Waals surface area contributed by atoms with E-state index in [9.17, 15) is 0 Å². The molecular formula is C24H33N5. The summed E-state index contributed by atoms with van der Waals surface area (Å²) < 4.78 is 0. The van der Waals surface area contributed by atoms with E-state index in [-0.39, 0.29) is 5.41 Å². The summed E-state index contributed by atoms with van der Waals surface area (Å²) >= 11 is 0. The number of hydrogen-bond donors (Lipinski definition) is 3. The van der Waals surface area contributed by atoms with Crippen LogP contribution in [0.4, 0.5) is 17.1 Å². The van der Waals surface area contributed by atoms with E-state index >= 15 is 0 Å². The van der Waals surface area contributed by atoms with Gasteiger partial charge in [0.05, 0.1) is 0 Å². The molecule has 0 bridgehead atoms. The molecule has 3 aliphatic rings. The Morgan fingerprint density at radius 1 is 0.793 bits per heavy atom. The van der Waals surface area contributed by atoms with Gasteiger partial charge >= 0.3 is 0 Å². The standard InChI is InChI=1S/C24H33N5/c1-24(2)20-5-4-19(29-13-9-26-10-14-29)16-23(20)27-22-6-3-18(15-21(22)24)17-28-11-7-25-8-12-28/h3-6,15-16,25-27H,7-14,17H2,1-2H3. The van der Waals surface area contributed by atoms with E-state index in [4.69, 9.17) is 0 Å². The van der Waals surface area contributed by atoms with Crippen LogP contribution in [0.1, 0.15) is 30.5 Å². The maximum Gasteiger partial charge on any atom is 0.0446 e. The fraction of sp³-hybridized carbons (Fsp3) is 0.500. The summed E-state index contributed by atoms with van der Waals surface area (Å²) in [6.07, 6.45) is 0. The summed E-state index contributed by atoms with van der Waals surface area (Å²) in [4.78, 5) is 5.03. The van der Waals surface area contributed by atoms with Gasteiger partial charge in [0.1, 0.15) is 0 Å². The number of nitrogens with one attached hydrogen (secondary N) is 3. The molecule has 5 heteroatoms. The largest absolute Gasteiger partial charge is 0.369 e. The smallest absolute Gasteiger partial charge is 0.0446 e. The molecule has 3 aliphatic heterocycles. The second kappa shape index (κ2) is 7.63. The maximum absolute atomic E-state index is 3.74. The number of fused-ring (bicyclic) bond motifs is 2. The first-order chi connectivity index (χ1) is 14.1. The first-order valence-electron chi connectivity index (χ1n) is 11.0. The van der Waals surface area contributed by atoms with Gasteiger partial charge in [-0.1, -0.05) is 32.0 Å². The van der Waals surface area contributed by atoms with Crippen LogP contribution in [0.5, 0.6) is 0 Å². The highest BCUT2D eigenvalue weighted by atomic mass is 15.2. The maximum atomic E-state index is 3.74. The third-order valence-corrected chi connectivity index (χ3v) is 6.80. The number of hydrogen-bond acceptors (Lipinski definition) is 5. The summed E-state index contributed by atoms with van der Waals surface area (Å²) in [5.74, 6) is 0. The predicted molar refractivity (Wildman–Crippen MR) is 122 cm³/mol. The van der Waals surface area contributed by atoms with E-state index in [1.807, 2.05) is 0 Å².